The summed E-state index contributed by atoms with van der Waals surface area (Å²) in [5.41, 5.74) is 0.476. The zero-order chi connectivity index (χ0) is 19.8. The van der Waals surface area contributed by atoms with E-state index in [1.165, 1.54) is 43.5 Å². The average molecular weight is 415 g/mol. The van der Waals surface area contributed by atoms with Crippen molar-refractivity contribution >= 4 is 17.7 Å². The summed E-state index contributed by atoms with van der Waals surface area (Å²) in [4.78, 5) is 14.9. The number of likely N-dealkylation sites (tertiary alicyclic amines) is 1. The summed E-state index contributed by atoms with van der Waals surface area (Å²) in [6.07, 6.45) is 8.52. The Morgan fingerprint density at radius 3 is 2.66 bits per heavy atom. The maximum Gasteiger partial charge on any atom is 0.233 e. The van der Waals surface area contributed by atoms with E-state index in [-0.39, 0.29) is 11.7 Å². The van der Waals surface area contributed by atoms with E-state index in [0.29, 0.717) is 29.1 Å². The molecule has 2 aliphatic carbocycles. The summed E-state index contributed by atoms with van der Waals surface area (Å²) in [6.45, 7) is 1.80. The van der Waals surface area contributed by atoms with Crippen LogP contribution in [0.4, 0.5) is 4.39 Å². The SMILES string of the molecule is O=C(CSc1nnc(-c2ccccc2F)n1C1CC1)N1CC[C@@H]2CCCC[C@H]2C1. The highest BCUT2D eigenvalue weighted by Crippen LogP contribution is 2.41. The molecule has 1 aliphatic heterocycles. The number of carbonyl (C=O) groups excluding carboxylic acids is 1. The molecular weight excluding hydrogens is 387 g/mol. The molecule has 1 saturated heterocycles. The Kier molecular flexibility index (Phi) is 5.33. The summed E-state index contributed by atoms with van der Waals surface area (Å²) >= 11 is 1.44. The first kappa shape index (κ1) is 19.1. The number of fused-ring (bicyclic) bond motifs is 1. The quantitative estimate of drug-likeness (QED) is 0.674. The first-order valence-corrected chi connectivity index (χ1v) is 11.8. The molecule has 1 amide bonds. The molecule has 3 aliphatic rings. The second kappa shape index (κ2) is 8.09. The highest BCUT2D eigenvalue weighted by atomic mass is 32.2. The van der Waals surface area contributed by atoms with Crippen molar-refractivity contribution in [2.45, 2.75) is 56.1 Å². The molecule has 0 radical (unpaired) electrons. The van der Waals surface area contributed by atoms with Crippen LogP contribution in [-0.2, 0) is 4.79 Å². The van der Waals surface area contributed by atoms with Gasteiger partial charge < -0.3 is 4.90 Å². The summed E-state index contributed by atoms with van der Waals surface area (Å²) in [5, 5.41) is 9.32. The van der Waals surface area contributed by atoms with E-state index in [4.69, 9.17) is 0 Å². The van der Waals surface area contributed by atoms with Crippen molar-refractivity contribution < 1.29 is 9.18 Å². The fourth-order valence-electron chi connectivity index (χ4n) is 4.91. The van der Waals surface area contributed by atoms with E-state index in [9.17, 15) is 9.18 Å². The van der Waals surface area contributed by atoms with Gasteiger partial charge in [-0.15, -0.1) is 10.2 Å². The molecule has 7 heteroatoms. The van der Waals surface area contributed by atoms with E-state index < -0.39 is 0 Å². The van der Waals surface area contributed by atoms with Crippen molar-refractivity contribution in [1.82, 2.24) is 19.7 Å². The maximum atomic E-state index is 14.3. The van der Waals surface area contributed by atoms with E-state index >= 15 is 0 Å². The predicted molar refractivity (Wildman–Crippen MR) is 111 cm³/mol. The number of piperidine rings is 1. The van der Waals surface area contributed by atoms with Gasteiger partial charge in [0.25, 0.3) is 0 Å². The Bertz CT molecular complexity index is 897. The highest BCUT2D eigenvalue weighted by Gasteiger charge is 2.34. The highest BCUT2D eigenvalue weighted by molar-refractivity contribution is 7.99. The minimum absolute atomic E-state index is 0.191. The van der Waals surface area contributed by atoms with Gasteiger partial charge in [-0.25, -0.2) is 4.39 Å². The third-order valence-electron chi connectivity index (χ3n) is 6.66. The first-order valence-electron chi connectivity index (χ1n) is 10.8. The lowest BCUT2D eigenvalue weighted by molar-refractivity contribution is -0.131. The molecule has 1 aromatic heterocycles. The van der Waals surface area contributed by atoms with Crippen LogP contribution >= 0.6 is 11.8 Å². The third-order valence-corrected chi connectivity index (χ3v) is 7.59. The first-order chi connectivity index (χ1) is 14.2. The molecule has 0 N–H and O–H groups in total. The van der Waals surface area contributed by atoms with Crippen LogP contribution in [0.25, 0.3) is 11.4 Å². The zero-order valence-electron chi connectivity index (χ0n) is 16.6. The lowest BCUT2D eigenvalue weighted by atomic mass is 9.75. The minimum Gasteiger partial charge on any atom is -0.342 e. The molecule has 5 nitrogen and oxygen atoms in total. The average Bonchev–Trinajstić information content (AvgIpc) is 3.51. The van der Waals surface area contributed by atoms with E-state index in [2.05, 4.69) is 15.1 Å². The number of hydrogen-bond donors (Lipinski definition) is 0. The van der Waals surface area contributed by atoms with Gasteiger partial charge in [-0.2, -0.15) is 0 Å². The number of benzene rings is 1. The number of amides is 1. The second-order valence-electron chi connectivity index (χ2n) is 8.61. The van der Waals surface area contributed by atoms with Crippen molar-refractivity contribution in [3.8, 4) is 11.4 Å². The Hall–Kier alpha value is -1.89. The molecule has 0 spiro atoms. The lowest BCUT2D eigenvalue weighted by Gasteiger charge is -2.41. The van der Waals surface area contributed by atoms with E-state index in [1.54, 1.807) is 12.1 Å². The maximum absolute atomic E-state index is 14.3. The lowest BCUT2D eigenvalue weighted by Crippen LogP contribution is -2.45. The number of nitrogens with zero attached hydrogens (tertiary/aromatic N) is 4. The van der Waals surface area contributed by atoms with Crippen LogP contribution in [0.3, 0.4) is 0 Å². The number of hydrogen-bond acceptors (Lipinski definition) is 4. The number of carbonyl (C=O) groups is 1. The molecule has 0 bridgehead atoms. The van der Waals surface area contributed by atoms with Gasteiger partial charge in [-0.1, -0.05) is 43.2 Å². The Balaban J connectivity index is 1.28. The standard InChI is InChI=1S/C22H27FN4OS/c23-19-8-4-3-7-18(19)21-24-25-22(27(21)17-9-10-17)29-14-20(28)26-12-11-15-5-1-2-6-16(15)13-26/h3-4,7-8,15-17H,1-2,5-6,9-14H2/t15-,16-/m0/s1. The zero-order valence-corrected chi connectivity index (χ0v) is 17.4. The molecule has 29 heavy (non-hydrogen) atoms. The van der Waals surface area contributed by atoms with Crippen LogP contribution in [0.2, 0.25) is 0 Å². The molecule has 2 heterocycles. The number of halogens is 1. The fourth-order valence-corrected chi connectivity index (χ4v) is 5.82. The van der Waals surface area contributed by atoms with Crippen LogP contribution in [-0.4, -0.2) is 44.4 Å². The molecule has 154 valence electrons. The minimum atomic E-state index is -0.287. The number of rotatable bonds is 5. The van der Waals surface area contributed by atoms with Crippen LogP contribution in [0, 0.1) is 17.7 Å². The third kappa shape index (κ3) is 3.93. The van der Waals surface area contributed by atoms with Gasteiger partial charge in [0.05, 0.1) is 11.3 Å². The smallest absolute Gasteiger partial charge is 0.233 e. The molecule has 2 atom stereocenters. The largest absolute Gasteiger partial charge is 0.342 e. The molecule has 5 rings (SSSR count). The van der Waals surface area contributed by atoms with Crippen molar-refractivity contribution in [3.63, 3.8) is 0 Å². The fraction of sp³-hybridized carbons (Fsp3) is 0.591. The molecule has 1 aromatic carbocycles. The monoisotopic (exact) mass is 414 g/mol. The number of thioether (sulfide) groups is 1. The van der Waals surface area contributed by atoms with Crippen molar-refractivity contribution in [1.29, 1.82) is 0 Å². The Morgan fingerprint density at radius 2 is 1.86 bits per heavy atom. The van der Waals surface area contributed by atoms with Crippen molar-refractivity contribution in [2.24, 2.45) is 11.8 Å². The van der Waals surface area contributed by atoms with Gasteiger partial charge in [-0.05, 0) is 49.7 Å². The van der Waals surface area contributed by atoms with Gasteiger partial charge >= 0.3 is 0 Å². The predicted octanol–water partition coefficient (Wildman–Crippen LogP) is 4.55. The topological polar surface area (TPSA) is 51.0 Å². The Labute approximate surface area is 175 Å². The van der Waals surface area contributed by atoms with Crippen LogP contribution in [0.5, 0.6) is 0 Å². The van der Waals surface area contributed by atoms with Crippen molar-refractivity contribution in [2.75, 3.05) is 18.8 Å². The molecular formula is C22H27FN4OS. The van der Waals surface area contributed by atoms with Gasteiger partial charge in [0.15, 0.2) is 11.0 Å². The van der Waals surface area contributed by atoms with E-state index in [1.807, 2.05) is 10.6 Å². The van der Waals surface area contributed by atoms with Gasteiger partial charge in [0.2, 0.25) is 5.91 Å². The summed E-state index contributed by atoms with van der Waals surface area (Å²) < 4.78 is 16.3. The summed E-state index contributed by atoms with van der Waals surface area (Å²) in [6, 6.07) is 7.00. The summed E-state index contributed by atoms with van der Waals surface area (Å²) in [7, 11) is 0. The van der Waals surface area contributed by atoms with Gasteiger partial charge in [-0.3, -0.25) is 9.36 Å². The van der Waals surface area contributed by atoms with Gasteiger partial charge in [0.1, 0.15) is 5.82 Å². The number of aromatic nitrogens is 3. The molecule has 0 unspecified atom stereocenters. The second-order valence-corrected chi connectivity index (χ2v) is 9.55. The Morgan fingerprint density at radius 1 is 1.07 bits per heavy atom. The van der Waals surface area contributed by atoms with Crippen LogP contribution in [0.15, 0.2) is 29.4 Å². The van der Waals surface area contributed by atoms with Crippen LogP contribution in [0.1, 0.15) is 51.0 Å². The van der Waals surface area contributed by atoms with Crippen LogP contribution < -0.4 is 0 Å². The molecule has 2 aromatic rings. The van der Waals surface area contributed by atoms with E-state index in [0.717, 1.165) is 43.4 Å². The van der Waals surface area contributed by atoms with Crippen molar-refractivity contribution in [3.05, 3.63) is 30.1 Å². The van der Waals surface area contributed by atoms with Gasteiger partial charge in [0, 0.05) is 19.1 Å². The molecule has 3 fully saturated rings. The molecule has 2 saturated carbocycles. The summed E-state index contributed by atoms with van der Waals surface area (Å²) in [5.74, 6) is 2.36. The normalized spacial score (nSPS) is 24.4.